The number of benzene rings is 1. The molecule has 25 heavy (non-hydrogen) atoms. The highest BCUT2D eigenvalue weighted by atomic mass is 16.5. The van der Waals surface area contributed by atoms with Crippen LogP contribution in [0.15, 0.2) is 18.2 Å². The molecule has 0 bridgehead atoms. The van der Waals surface area contributed by atoms with E-state index in [1.54, 1.807) is 14.2 Å². The molecule has 3 N–H and O–H groups in total. The second-order valence-corrected chi connectivity index (χ2v) is 5.94. The Labute approximate surface area is 147 Å². The maximum Gasteiger partial charge on any atom is 0.171 e. The van der Waals surface area contributed by atoms with Gasteiger partial charge < -0.3 is 19.9 Å². The van der Waals surface area contributed by atoms with E-state index in [1.165, 1.54) is 0 Å². The van der Waals surface area contributed by atoms with E-state index in [-0.39, 0.29) is 0 Å². The molecule has 1 fully saturated rings. The summed E-state index contributed by atoms with van der Waals surface area (Å²) < 4.78 is 15.9. The molecule has 1 atom stereocenters. The Morgan fingerprint density at radius 3 is 2.72 bits per heavy atom. The highest BCUT2D eigenvalue weighted by Gasteiger charge is 2.17. The zero-order chi connectivity index (χ0) is 17.6. The van der Waals surface area contributed by atoms with Crippen molar-refractivity contribution in [3.05, 3.63) is 35.4 Å². The summed E-state index contributed by atoms with van der Waals surface area (Å²) in [5, 5.41) is 7.27. The molecule has 1 saturated heterocycles. The first-order valence-electron chi connectivity index (χ1n) is 8.40. The number of nitrogens with two attached hydrogens (primary N) is 1. The summed E-state index contributed by atoms with van der Waals surface area (Å²) in [6, 6.07) is 5.16. The van der Waals surface area contributed by atoms with Gasteiger partial charge in [-0.3, -0.25) is 10.00 Å². The SMILES string of the molecule is COc1ccc([C@@H](N)c2n[nH]c(CCN3CCOCC3)n2)cc1OC. The first-order chi connectivity index (χ1) is 12.2. The molecular weight excluding hydrogens is 322 g/mol. The quantitative estimate of drug-likeness (QED) is 0.762. The predicted octanol–water partition coefficient (Wildman–Crippen LogP) is 0.745. The van der Waals surface area contributed by atoms with E-state index in [4.69, 9.17) is 19.9 Å². The second kappa shape index (κ2) is 8.28. The summed E-state index contributed by atoms with van der Waals surface area (Å²) in [5.74, 6) is 2.72. The summed E-state index contributed by atoms with van der Waals surface area (Å²) in [5.41, 5.74) is 7.19. The molecule has 0 aliphatic carbocycles. The van der Waals surface area contributed by atoms with Gasteiger partial charge in [0.05, 0.1) is 33.5 Å². The van der Waals surface area contributed by atoms with Gasteiger partial charge in [-0.1, -0.05) is 6.07 Å². The van der Waals surface area contributed by atoms with Gasteiger partial charge >= 0.3 is 0 Å². The molecule has 8 heteroatoms. The fourth-order valence-electron chi connectivity index (χ4n) is 2.85. The van der Waals surface area contributed by atoms with E-state index in [9.17, 15) is 0 Å². The molecule has 1 aliphatic rings. The number of ether oxygens (including phenoxy) is 3. The Bertz CT molecular complexity index is 685. The first-order valence-corrected chi connectivity index (χ1v) is 8.40. The molecule has 0 unspecified atom stereocenters. The molecule has 0 saturated carbocycles. The van der Waals surface area contributed by atoms with E-state index in [0.29, 0.717) is 17.3 Å². The van der Waals surface area contributed by atoms with Gasteiger partial charge in [-0.15, -0.1) is 0 Å². The zero-order valence-corrected chi connectivity index (χ0v) is 14.7. The molecule has 1 aliphatic heterocycles. The van der Waals surface area contributed by atoms with Crippen LogP contribution in [0, 0.1) is 0 Å². The topological polar surface area (TPSA) is 98.5 Å². The van der Waals surface area contributed by atoms with Crippen LogP contribution in [-0.4, -0.2) is 67.1 Å². The van der Waals surface area contributed by atoms with E-state index < -0.39 is 6.04 Å². The fourth-order valence-corrected chi connectivity index (χ4v) is 2.85. The summed E-state index contributed by atoms with van der Waals surface area (Å²) in [6.07, 6.45) is 0.811. The summed E-state index contributed by atoms with van der Waals surface area (Å²) in [7, 11) is 3.21. The van der Waals surface area contributed by atoms with E-state index in [2.05, 4.69) is 20.1 Å². The first kappa shape index (κ1) is 17.7. The highest BCUT2D eigenvalue weighted by Crippen LogP contribution is 2.30. The maximum absolute atomic E-state index is 6.32. The Balaban J connectivity index is 1.64. The third-order valence-corrected chi connectivity index (χ3v) is 4.36. The van der Waals surface area contributed by atoms with Gasteiger partial charge in [0, 0.05) is 26.1 Å². The minimum atomic E-state index is -0.423. The van der Waals surface area contributed by atoms with Crippen molar-refractivity contribution in [1.29, 1.82) is 0 Å². The molecule has 8 nitrogen and oxygen atoms in total. The number of nitrogens with zero attached hydrogens (tertiary/aromatic N) is 3. The fraction of sp³-hybridized carbons (Fsp3) is 0.529. The number of rotatable bonds is 7. The van der Waals surface area contributed by atoms with Crippen LogP contribution in [0.3, 0.4) is 0 Å². The Kier molecular flexibility index (Phi) is 5.85. The Morgan fingerprint density at radius 2 is 2.00 bits per heavy atom. The third kappa shape index (κ3) is 4.28. The monoisotopic (exact) mass is 347 g/mol. The minimum absolute atomic E-state index is 0.423. The number of hydrogen-bond acceptors (Lipinski definition) is 7. The van der Waals surface area contributed by atoms with Crippen molar-refractivity contribution >= 4 is 0 Å². The van der Waals surface area contributed by atoms with Gasteiger partial charge in [-0.05, 0) is 17.7 Å². The molecule has 136 valence electrons. The molecule has 0 amide bonds. The average Bonchev–Trinajstić information content (AvgIpc) is 3.15. The molecule has 3 rings (SSSR count). The number of nitrogens with one attached hydrogen (secondary N) is 1. The molecule has 1 aromatic heterocycles. The number of methoxy groups -OCH3 is 2. The van der Waals surface area contributed by atoms with Crippen LogP contribution >= 0.6 is 0 Å². The van der Waals surface area contributed by atoms with E-state index >= 15 is 0 Å². The van der Waals surface area contributed by atoms with Crippen molar-refractivity contribution in [3.63, 3.8) is 0 Å². The lowest BCUT2D eigenvalue weighted by atomic mass is 10.1. The van der Waals surface area contributed by atoms with Gasteiger partial charge in [0.15, 0.2) is 17.3 Å². The second-order valence-electron chi connectivity index (χ2n) is 5.94. The summed E-state index contributed by atoms with van der Waals surface area (Å²) in [6.45, 7) is 4.46. The number of H-pyrrole nitrogens is 1. The predicted molar refractivity (Wildman–Crippen MR) is 92.9 cm³/mol. The van der Waals surface area contributed by atoms with Gasteiger partial charge in [0.25, 0.3) is 0 Å². The smallest absolute Gasteiger partial charge is 0.171 e. The van der Waals surface area contributed by atoms with Crippen LogP contribution in [0.4, 0.5) is 0 Å². The van der Waals surface area contributed by atoms with E-state index in [0.717, 1.165) is 50.7 Å². The third-order valence-electron chi connectivity index (χ3n) is 4.36. The molecular formula is C17H25N5O3. The lowest BCUT2D eigenvalue weighted by molar-refractivity contribution is 0.0382. The Morgan fingerprint density at radius 1 is 1.24 bits per heavy atom. The van der Waals surface area contributed by atoms with Crippen molar-refractivity contribution in [3.8, 4) is 11.5 Å². The van der Waals surface area contributed by atoms with Crippen molar-refractivity contribution in [2.45, 2.75) is 12.5 Å². The van der Waals surface area contributed by atoms with Crippen molar-refractivity contribution in [2.24, 2.45) is 5.73 Å². The number of aromatic amines is 1. The van der Waals surface area contributed by atoms with Crippen molar-refractivity contribution in [2.75, 3.05) is 47.1 Å². The largest absolute Gasteiger partial charge is 0.493 e. The standard InChI is InChI=1S/C17H25N5O3/c1-23-13-4-3-12(11-14(13)24-2)16(18)17-19-15(20-21-17)5-6-22-7-9-25-10-8-22/h3-4,11,16H,5-10,18H2,1-2H3,(H,19,20,21)/t16-/m1/s1. The van der Waals surface area contributed by atoms with Crippen LogP contribution in [-0.2, 0) is 11.2 Å². The lowest BCUT2D eigenvalue weighted by Crippen LogP contribution is -2.37. The van der Waals surface area contributed by atoms with Crippen LogP contribution in [0.5, 0.6) is 11.5 Å². The van der Waals surface area contributed by atoms with Crippen molar-refractivity contribution in [1.82, 2.24) is 20.1 Å². The molecule has 2 aromatic rings. The van der Waals surface area contributed by atoms with Gasteiger partial charge in [-0.25, -0.2) is 4.98 Å². The molecule has 0 radical (unpaired) electrons. The van der Waals surface area contributed by atoms with Gasteiger partial charge in [-0.2, -0.15) is 5.10 Å². The number of hydrogen-bond donors (Lipinski definition) is 2. The summed E-state index contributed by atoms with van der Waals surface area (Å²) in [4.78, 5) is 6.91. The average molecular weight is 347 g/mol. The summed E-state index contributed by atoms with van der Waals surface area (Å²) >= 11 is 0. The Hall–Kier alpha value is -2.16. The maximum atomic E-state index is 6.32. The molecule has 0 spiro atoms. The van der Waals surface area contributed by atoms with Crippen molar-refractivity contribution < 1.29 is 14.2 Å². The minimum Gasteiger partial charge on any atom is -0.493 e. The van der Waals surface area contributed by atoms with E-state index in [1.807, 2.05) is 18.2 Å². The molecule has 2 heterocycles. The number of aromatic nitrogens is 3. The zero-order valence-electron chi connectivity index (χ0n) is 14.7. The van der Waals surface area contributed by atoms with Gasteiger partial charge in [0.2, 0.25) is 0 Å². The normalized spacial score (nSPS) is 16.6. The van der Waals surface area contributed by atoms with Crippen LogP contribution in [0.1, 0.15) is 23.3 Å². The van der Waals surface area contributed by atoms with Gasteiger partial charge in [0.1, 0.15) is 5.82 Å². The lowest BCUT2D eigenvalue weighted by Gasteiger charge is -2.25. The van der Waals surface area contributed by atoms with Crippen LogP contribution in [0.25, 0.3) is 0 Å². The molecule has 1 aromatic carbocycles. The highest BCUT2D eigenvalue weighted by molar-refractivity contribution is 5.44. The van der Waals surface area contributed by atoms with Crippen LogP contribution < -0.4 is 15.2 Å². The van der Waals surface area contributed by atoms with Crippen LogP contribution in [0.2, 0.25) is 0 Å². The number of morpholine rings is 1.